The highest BCUT2D eigenvalue weighted by atomic mass is 16.5. The number of esters is 1. The predicted molar refractivity (Wildman–Crippen MR) is 133 cm³/mol. The van der Waals surface area contributed by atoms with Gasteiger partial charge in [-0.15, -0.1) is 0 Å². The number of methoxy groups -OCH3 is 1. The number of rotatable bonds is 8. The number of nitrogens with one attached hydrogen (secondary N) is 3. The molecule has 0 unspecified atom stereocenters. The van der Waals surface area contributed by atoms with E-state index in [2.05, 4.69) is 15.0 Å². The third-order valence-electron chi connectivity index (χ3n) is 5.75. The van der Waals surface area contributed by atoms with E-state index in [1.807, 2.05) is 0 Å². The number of fused-ring (bicyclic) bond motifs is 1. The Bertz CT molecular complexity index is 1560. The monoisotopic (exact) mass is 484 g/mol. The van der Waals surface area contributed by atoms with Crippen molar-refractivity contribution < 1.29 is 14.3 Å². The third-order valence-corrected chi connectivity index (χ3v) is 5.75. The van der Waals surface area contributed by atoms with Crippen LogP contribution >= 0.6 is 0 Å². The maximum absolute atomic E-state index is 13.4. The van der Waals surface area contributed by atoms with Crippen LogP contribution in [0.5, 0.6) is 0 Å². The smallest absolute Gasteiger partial charge is 0.309 e. The maximum Gasteiger partial charge on any atom is 0.309 e. The summed E-state index contributed by atoms with van der Waals surface area (Å²) in [7, 11) is 1.33. The van der Waals surface area contributed by atoms with Crippen molar-refractivity contribution >= 4 is 29.1 Å². The highest BCUT2D eigenvalue weighted by Gasteiger charge is 2.14. The van der Waals surface area contributed by atoms with Crippen LogP contribution in [-0.4, -0.2) is 39.4 Å². The Morgan fingerprint density at radius 2 is 1.72 bits per heavy atom. The second-order valence-corrected chi connectivity index (χ2v) is 8.05. The summed E-state index contributed by atoms with van der Waals surface area (Å²) in [6.07, 6.45) is 4.38. The molecule has 0 aliphatic carbocycles. The minimum atomic E-state index is -0.449. The fraction of sp³-hybridized carbons (Fsp3) is 0.154. The van der Waals surface area contributed by atoms with E-state index in [4.69, 9.17) is 10.8 Å². The molecule has 3 N–H and O–H groups in total. The number of hydrogen-bond donors (Lipinski definition) is 3. The van der Waals surface area contributed by atoms with Gasteiger partial charge in [-0.3, -0.25) is 39.3 Å². The Kier molecular flexibility index (Phi) is 7.15. The topological polar surface area (TPSA) is 143 Å². The zero-order valence-electron chi connectivity index (χ0n) is 19.5. The van der Waals surface area contributed by atoms with Gasteiger partial charge in [-0.25, -0.2) is 0 Å². The van der Waals surface area contributed by atoms with Crippen molar-refractivity contribution in [2.45, 2.75) is 19.5 Å². The Morgan fingerprint density at radius 1 is 1.03 bits per heavy atom. The molecule has 0 aliphatic heterocycles. The van der Waals surface area contributed by atoms with E-state index in [1.54, 1.807) is 60.9 Å². The summed E-state index contributed by atoms with van der Waals surface area (Å²) in [6.45, 7) is 0.389. The SMILES string of the molecule is COC(=O)Cc1ccc(Cn2c(=O)c3cc(C(=O)NCc4ccncc4)ccc3n(C=N)c2=N)cc1. The minimum absolute atomic E-state index is 0.0818. The maximum atomic E-state index is 13.4. The van der Waals surface area contributed by atoms with Gasteiger partial charge in [0.1, 0.15) is 0 Å². The second-order valence-electron chi connectivity index (χ2n) is 8.05. The molecular weight excluding hydrogens is 460 g/mol. The van der Waals surface area contributed by atoms with Gasteiger partial charge in [0, 0.05) is 24.5 Å². The normalized spacial score (nSPS) is 10.7. The van der Waals surface area contributed by atoms with Crippen LogP contribution in [0.4, 0.5) is 0 Å². The van der Waals surface area contributed by atoms with Gasteiger partial charge < -0.3 is 10.1 Å². The standard InChI is InChI=1S/C26H24N6O4/c1-36-23(33)12-17-2-4-19(5-3-17)15-31-25(35)21-13-20(6-7-22(21)32(16-27)26(31)28)24(34)30-14-18-8-10-29-11-9-18/h2-11,13,16,27-28H,12,14-15H2,1H3,(H,30,34). The van der Waals surface area contributed by atoms with Crippen molar-refractivity contribution in [2.24, 2.45) is 0 Å². The number of ether oxygens (including phenoxy) is 1. The average molecular weight is 485 g/mol. The fourth-order valence-corrected chi connectivity index (χ4v) is 3.79. The molecule has 4 aromatic rings. The highest BCUT2D eigenvalue weighted by molar-refractivity contribution is 5.98. The molecule has 0 saturated carbocycles. The van der Waals surface area contributed by atoms with Gasteiger partial charge in [0.25, 0.3) is 11.5 Å². The van der Waals surface area contributed by atoms with Crippen LogP contribution < -0.4 is 16.5 Å². The number of carbonyl (C=O) groups excluding carboxylic acids is 2. The molecular formula is C26H24N6O4. The van der Waals surface area contributed by atoms with E-state index < -0.39 is 5.56 Å². The Labute approximate surface area is 205 Å². The molecule has 0 atom stereocenters. The lowest BCUT2D eigenvalue weighted by molar-refractivity contribution is -0.139. The molecule has 10 nitrogen and oxygen atoms in total. The molecule has 0 spiro atoms. The van der Waals surface area contributed by atoms with Crippen molar-refractivity contribution in [3.05, 3.63) is 105 Å². The first-order valence-corrected chi connectivity index (χ1v) is 11.1. The molecule has 4 rings (SSSR count). The quantitative estimate of drug-likeness (QED) is 0.199. The summed E-state index contributed by atoms with van der Waals surface area (Å²) >= 11 is 0. The highest BCUT2D eigenvalue weighted by Crippen LogP contribution is 2.13. The lowest BCUT2D eigenvalue weighted by atomic mass is 10.1. The largest absolute Gasteiger partial charge is 0.469 e. The lowest BCUT2D eigenvalue weighted by Crippen LogP contribution is -2.40. The molecule has 182 valence electrons. The summed E-state index contributed by atoms with van der Waals surface area (Å²) in [5.74, 6) is -0.702. The molecule has 2 aromatic heterocycles. The molecule has 1 amide bonds. The Balaban J connectivity index is 1.66. The van der Waals surface area contributed by atoms with Gasteiger partial charge >= 0.3 is 5.97 Å². The van der Waals surface area contributed by atoms with E-state index >= 15 is 0 Å². The number of aromatic nitrogens is 3. The van der Waals surface area contributed by atoms with E-state index in [-0.39, 0.29) is 35.8 Å². The first kappa shape index (κ1) is 24.3. The van der Waals surface area contributed by atoms with Crippen LogP contribution in [0.25, 0.3) is 10.9 Å². The molecule has 2 heterocycles. The van der Waals surface area contributed by atoms with Crippen LogP contribution in [0, 0.1) is 10.8 Å². The van der Waals surface area contributed by atoms with Gasteiger partial charge in [0.05, 0.1) is 37.3 Å². The van der Waals surface area contributed by atoms with Gasteiger partial charge in [0.15, 0.2) is 0 Å². The van der Waals surface area contributed by atoms with Gasteiger partial charge in [-0.2, -0.15) is 0 Å². The first-order chi connectivity index (χ1) is 17.4. The van der Waals surface area contributed by atoms with E-state index in [0.29, 0.717) is 17.6 Å². The van der Waals surface area contributed by atoms with Crippen molar-refractivity contribution in [3.63, 3.8) is 0 Å². The summed E-state index contributed by atoms with van der Waals surface area (Å²) in [4.78, 5) is 41.6. The number of carbonyl (C=O) groups is 2. The number of benzene rings is 2. The minimum Gasteiger partial charge on any atom is -0.469 e. The van der Waals surface area contributed by atoms with Crippen molar-refractivity contribution in [1.29, 1.82) is 10.8 Å². The van der Waals surface area contributed by atoms with E-state index in [1.165, 1.54) is 22.3 Å². The van der Waals surface area contributed by atoms with Crippen molar-refractivity contribution in [2.75, 3.05) is 7.11 Å². The molecule has 0 radical (unpaired) electrons. The van der Waals surface area contributed by atoms with Crippen LogP contribution in [0.3, 0.4) is 0 Å². The molecule has 0 saturated heterocycles. The average Bonchev–Trinajstić information content (AvgIpc) is 2.91. The number of pyridine rings is 1. The lowest BCUT2D eigenvalue weighted by Gasteiger charge is -2.14. The van der Waals surface area contributed by atoms with Crippen LogP contribution in [-0.2, 0) is 29.0 Å². The Morgan fingerprint density at radius 3 is 2.39 bits per heavy atom. The van der Waals surface area contributed by atoms with Crippen LogP contribution in [0.2, 0.25) is 0 Å². The van der Waals surface area contributed by atoms with Crippen LogP contribution in [0.1, 0.15) is 27.0 Å². The number of nitrogens with zero attached hydrogens (tertiary/aromatic N) is 3. The van der Waals surface area contributed by atoms with E-state index in [0.717, 1.165) is 23.0 Å². The summed E-state index contributed by atoms with van der Waals surface area (Å²) < 4.78 is 7.19. The van der Waals surface area contributed by atoms with Crippen LogP contribution in [0.15, 0.2) is 71.8 Å². The van der Waals surface area contributed by atoms with Gasteiger partial charge in [-0.1, -0.05) is 24.3 Å². The predicted octanol–water partition coefficient (Wildman–Crippen LogP) is 1.83. The first-order valence-electron chi connectivity index (χ1n) is 11.1. The van der Waals surface area contributed by atoms with Gasteiger partial charge in [-0.05, 0) is 47.0 Å². The molecule has 36 heavy (non-hydrogen) atoms. The zero-order valence-corrected chi connectivity index (χ0v) is 19.5. The number of hydrogen-bond acceptors (Lipinski definition) is 7. The number of amides is 1. The summed E-state index contributed by atoms with van der Waals surface area (Å²) in [5, 5.41) is 19.3. The Hall–Kier alpha value is -4.86. The third kappa shape index (κ3) is 5.12. The molecule has 10 heteroatoms. The molecule has 0 fully saturated rings. The molecule has 0 aliphatic rings. The molecule has 0 bridgehead atoms. The molecule has 2 aromatic carbocycles. The van der Waals surface area contributed by atoms with Crippen molar-refractivity contribution in [1.82, 2.24) is 19.4 Å². The van der Waals surface area contributed by atoms with Gasteiger partial charge in [0.2, 0.25) is 5.62 Å². The zero-order chi connectivity index (χ0) is 25.7. The second kappa shape index (κ2) is 10.6. The van der Waals surface area contributed by atoms with E-state index in [9.17, 15) is 14.4 Å². The van der Waals surface area contributed by atoms with Crippen molar-refractivity contribution in [3.8, 4) is 0 Å². The summed E-state index contributed by atoms with van der Waals surface area (Å²) in [6, 6.07) is 15.3. The fourth-order valence-electron chi connectivity index (χ4n) is 3.79. The summed E-state index contributed by atoms with van der Waals surface area (Å²) in [5.41, 5.74) is 2.42.